The van der Waals surface area contributed by atoms with Crippen LogP contribution in [0.5, 0.6) is 5.75 Å². The van der Waals surface area contributed by atoms with Gasteiger partial charge in [0.25, 0.3) is 0 Å². The molecule has 0 radical (unpaired) electrons. The summed E-state index contributed by atoms with van der Waals surface area (Å²) in [6.07, 6.45) is 0. The van der Waals surface area contributed by atoms with E-state index >= 15 is 0 Å². The third kappa shape index (κ3) is 2.73. The normalized spacial score (nSPS) is 9.00. The quantitative estimate of drug-likeness (QED) is 0.625. The molecule has 0 spiro atoms. The van der Waals surface area contributed by atoms with E-state index in [1.807, 2.05) is 0 Å². The van der Waals surface area contributed by atoms with Crippen molar-refractivity contribution in [2.24, 2.45) is 0 Å². The Morgan fingerprint density at radius 1 is 1.40 bits per heavy atom. The summed E-state index contributed by atoms with van der Waals surface area (Å²) in [5, 5.41) is 0. The van der Waals surface area contributed by atoms with Crippen LogP contribution in [0.25, 0.3) is 0 Å². The molecule has 0 heterocycles. The van der Waals surface area contributed by atoms with Crippen molar-refractivity contribution in [2.45, 2.75) is 0 Å². The zero-order chi connectivity index (χ0) is 10.7. The number of hydrogen-bond acceptors (Lipinski definition) is 4. The molecule has 6 heteroatoms. The summed E-state index contributed by atoms with van der Waals surface area (Å²) in [5.41, 5.74) is 5.24. The van der Waals surface area contributed by atoms with E-state index < -0.39 is 11.8 Å². The number of halogens is 2. The van der Waals surface area contributed by atoms with E-state index in [2.05, 4.69) is 4.74 Å². The first-order valence-corrected chi connectivity index (χ1v) is 3.81. The number of benzene rings is 1. The van der Waals surface area contributed by atoms with Crippen molar-refractivity contribution in [1.82, 2.24) is 0 Å². The number of esters is 1. The van der Waals surface area contributed by atoms with Crippen molar-refractivity contribution >= 4 is 24.1 Å². The van der Waals surface area contributed by atoms with Crippen LogP contribution < -0.4 is 10.5 Å². The van der Waals surface area contributed by atoms with Gasteiger partial charge in [-0.3, -0.25) is 0 Å². The molecule has 0 saturated heterocycles. The average Bonchev–Trinajstić information content (AvgIpc) is 2.20. The lowest BCUT2D eigenvalue weighted by Crippen LogP contribution is -2.06. The minimum atomic E-state index is -0.675. The Bertz CT molecular complexity index is 371. The van der Waals surface area contributed by atoms with E-state index in [0.29, 0.717) is 0 Å². The first-order valence-electron chi connectivity index (χ1n) is 3.81. The predicted octanol–water partition coefficient (Wildman–Crippen LogP) is 1.62. The number of carbonyl (C=O) groups is 1. The second kappa shape index (κ2) is 5.41. The zero-order valence-electron chi connectivity index (χ0n) is 8.24. The van der Waals surface area contributed by atoms with Gasteiger partial charge in [0.1, 0.15) is 17.1 Å². The van der Waals surface area contributed by atoms with Gasteiger partial charge >= 0.3 is 5.97 Å². The molecule has 0 aliphatic carbocycles. The van der Waals surface area contributed by atoms with Gasteiger partial charge in [0, 0.05) is 6.07 Å². The smallest absolute Gasteiger partial charge is 0.341 e. The monoisotopic (exact) mass is 235 g/mol. The lowest BCUT2D eigenvalue weighted by Gasteiger charge is -2.07. The second-order valence-corrected chi connectivity index (χ2v) is 2.57. The predicted molar refractivity (Wildman–Crippen MR) is 56.0 cm³/mol. The summed E-state index contributed by atoms with van der Waals surface area (Å²) >= 11 is 0. The molecule has 4 nitrogen and oxygen atoms in total. The van der Waals surface area contributed by atoms with Gasteiger partial charge < -0.3 is 15.2 Å². The van der Waals surface area contributed by atoms with Crippen LogP contribution in [0.3, 0.4) is 0 Å². The highest BCUT2D eigenvalue weighted by atomic mass is 35.5. The molecule has 1 aromatic rings. The molecule has 0 amide bonds. The minimum absolute atomic E-state index is 0. The molecule has 0 saturated carbocycles. The Morgan fingerprint density at radius 2 is 2.00 bits per heavy atom. The van der Waals surface area contributed by atoms with E-state index in [4.69, 9.17) is 10.5 Å². The van der Waals surface area contributed by atoms with Gasteiger partial charge in [-0.2, -0.15) is 0 Å². The standard InChI is InChI=1S/C9H10FNO3.ClH/c1-13-8-4-7(11)6(10)3-5(8)9(12)14-2;/h3-4H,11H2,1-2H3;1H. The number of ether oxygens (including phenoxy) is 2. The van der Waals surface area contributed by atoms with Crippen molar-refractivity contribution < 1.29 is 18.7 Å². The Hall–Kier alpha value is -1.49. The van der Waals surface area contributed by atoms with Crippen LogP contribution in [0.15, 0.2) is 12.1 Å². The van der Waals surface area contributed by atoms with Crippen LogP contribution in [-0.4, -0.2) is 20.2 Å². The van der Waals surface area contributed by atoms with Crippen molar-refractivity contribution in [3.8, 4) is 5.75 Å². The van der Waals surface area contributed by atoms with Crippen LogP contribution in [-0.2, 0) is 4.74 Å². The molecule has 1 aromatic carbocycles. The first-order chi connectivity index (χ1) is 6.60. The number of nitrogens with two attached hydrogens (primary N) is 1. The maximum absolute atomic E-state index is 13.0. The summed E-state index contributed by atoms with van der Waals surface area (Å²) < 4.78 is 22.3. The first kappa shape index (κ1) is 13.5. The van der Waals surface area contributed by atoms with Gasteiger partial charge in [-0.25, -0.2) is 9.18 Å². The molecular formula is C9H11ClFNO3. The van der Waals surface area contributed by atoms with Gasteiger partial charge in [0.15, 0.2) is 0 Å². The van der Waals surface area contributed by atoms with Crippen molar-refractivity contribution in [2.75, 3.05) is 20.0 Å². The highest BCUT2D eigenvalue weighted by Gasteiger charge is 2.15. The number of carbonyl (C=O) groups excluding carboxylic acids is 1. The van der Waals surface area contributed by atoms with Crippen LogP contribution in [0.1, 0.15) is 10.4 Å². The largest absolute Gasteiger partial charge is 0.496 e. The molecule has 15 heavy (non-hydrogen) atoms. The molecule has 0 aromatic heterocycles. The van der Waals surface area contributed by atoms with E-state index in [-0.39, 0.29) is 29.4 Å². The molecular weight excluding hydrogens is 225 g/mol. The van der Waals surface area contributed by atoms with E-state index in [1.54, 1.807) is 0 Å². The Kier molecular flexibility index (Phi) is 4.87. The Balaban J connectivity index is 0.00000196. The third-order valence-corrected chi connectivity index (χ3v) is 1.72. The molecule has 0 aliphatic rings. The Labute approximate surface area is 92.6 Å². The fourth-order valence-electron chi connectivity index (χ4n) is 1.01. The maximum Gasteiger partial charge on any atom is 0.341 e. The highest BCUT2D eigenvalue weighted by Crippen LogP contribution is 2.24. The fraction of sp³-hybridized carbons (Fsp3) is 0.222. The van der Waals surface area contributed by atoms with Crippen molar-refractivity contribution in [3.63, 3.8) is 0 Å². The van der Waals surface area contributed by atoms with Gasteiger partial charge in [0.05, 0.1) is 19.9 Å². The summed E-state index contributed by atoms with van der Waals surface area (Å²) in [7, 11) is 2.56. The highest BCUT2D eigenvalue weighted by molar-refractivity contribution is 5.93. The van der Waals surface area contributed by atoms with E-state index in [9.17, 15) is 9.18 Å². The summed E-state index contributed by atoms with van der Waals surface area (Å²) in [5.74, 6) is -1.15. The second-order valence-electron chi connectivity index (χ2n) is 2.57. The summed E-state index contributed by atoms with van der Waals surface area (Å²) in [6, 6.07) is 2.22. The van der Waals surface area contributed by atoms with Gasteiger partial charge in [-0.1, -0.05) is 0 Å². The van der Waals surface area contributed by atoms with Crippen LogP contribution in [0.4, 0.5) is 10.1 Å². The number of nitrogen functional groups attached to an aromatic ring is 1. The van der Waals surface area contributed by atoms with Crippen molar-refractivity contribution in [3.05, 3.63) is 23.5 Å². The number of hydrogen-bond donors (Lipinski definition) is 1. The van der Waals surface area contributed by atoms with Gasteiger partial charge in [-0.15, -0.1) is 12.4 Å². The molecule has 84 valence electrons. The number of methoxy groups -OCH3 is 2. The molecule has 1 rings (SSSR count). The lowest BCUT2D eigenvalue weighted by atomic mass is 10.1. The molecule has 0 bridgehead atoms. The molecule has 0 unspecified atom stereocenters. The van der Waals surface area contributed by atoms with E-state index in [1.165, 1.54) is 20.3 Å². The molecule has 0 aliphatic heterocycles. The summed E-state index contributed by atoms with van der Waals surface area (Å²) in [4.78, 5) is 11.1. The van der Waals surface area contributed by atoms with E-state index in [0.717, 1.165) is 6.07 Å². The van der Waals surface area contributed by atoms with Crippen LogP contribution in [0, 0.1) is 5.82 Å². The molecule has 2 N–H and O–H groups in total. The van der Waals surface area contributed by atoms with Gasteiger partial charge in [0.2, 0.25) is 0 Å². The fourth-order valence-corrected chi connectivity index (χ4v) is 1.01. The summed E-state index contributed by atoms with van der Waals surface area (Å²) in [6.45, 7) is 0. The number of rotatable bonds is 2. The lowest BCUT2D eigenvalue weighted by molar-refractivity contribution is 0.0596. The Morgan fingerprint density at radius 3 is 2.47 bits per heavy atom. The topological polar surface area (TPSA) is 61.5 Å². The molecule has 0 atom stereocenters. The maximum atomic E-state index is 13.0. The minimum Gasteiger partial charge on any atom is -0.496 e. The van der Waals surface area contributed by atoms with Gasteiger partial charge in [-0.05, 0) is 6.07 Å². The van der Waals surface area contributed by atoms with Crippen LogP contribution in [0.2, 0.25) is 0 Å². The average molecular weight is 236 g/mol. The zero-order valence-corrected chi connectivity index (χ0v) is 9.06. The third-order valence-electron chi connectivity index (χ3n) is 1.72. The number of anilines is 1. The van der Waals surface area contributed by atoms with Crippen molar-refractivity contribution in [1.29, 1.82) is 0 Å². The van der Waals surface area contributed by atoms with Crippen LogP contribution >= 0.6 is 12.4 Å². The molecule has 0 fully saturated rings. The SMILES string of the molecule is COC(=O)c1cc(F)c(N)cc1OC.Cl.